The summed E-state index contributed by atoms with van der Waals surface area (Å²) in [5.74, 6) is 0.224. The Morgan fingerprint density at radius 2 is 1.86 bits per heavy atom. The summed E-state index contributed by atoms with van der Waals surface area (Å²) in [5.41, 5.74) is -0.464. The lowest BCUT2D eigenvalue weighted by atomic mass is 9.63. The van der Waals surface area contributed by atoms with Crippen LogP contribution in [0.15, 0.2) is 36.4 Å². The van der Waals surface area contributed by atoms with Gasteiger partial charge in [0, 0.05) is 30.2 Å². The average Bonchev–Trinajstić information content (AvgIpc) is 3.15. The number of hydrogen-bond donors (Lipinski definition) is 2. The lowest BCUT2D eigenvalue weighted by molar-refractivity contribution is -0.139. The molecule has 4 rings (SSSR count). The molecule has 3 atom stereocenters. The molecule has 0 bridgehead atoms. The number of benzene rings is 2. The second-order valence-electron chi connectivity index (χ2n) is 9.38. The van der Waals surface area contributed by atoms with E-state index in [1.54, 1.807) is 14.2 Å². The third kappa shape index (κ3) is 5.03. The molecule has 1 saturated carbocycles. The average molecular weight is 496 g/mol. The minimum atomic E-state index is -4.84. The molecule has 2 fully saturated rings. The van der Waals surface area contributed by atoms with Crippen molar-refractivity contribution in [2.24, 2.45) is 5.92 Å². The van der Waals surface area contributed by atoms with Crippen LogP contribution in [0.25, 0.3) is 0 Å². The third-order valence-electron chi connectivity index (χ3n) is 7.20. The van der Waals surface area contributed by atoms with E-state index in [2.05, 4.69) is 28.6 Å². The van der Waals surface area contributed by atoms with Crippen LogP contribution in [-0.4, -0.2) is 51.3 Å². The third-order valence-corrected chi connectivity index (χ3v) is 7.20. The highest BCUT2D eigenvalue weighted by Crippen LogP contribution is 2.49. The molecule has 0 radical (unpaired) electrons. The first-order chi connectivity index (χ1) is 16.6. The zero-order valence-electron chi connectivity index (χ0n) is 19.8. The van der Waals surface area contributed by atoms with E-state index in [0.717, 1.165) is 32.0 Å². The number of rotatable bonds is 5. The van der Waals surface area contributed by atoms with Gasteiger partial charge in [0.15, 0.2) is 11.5 Å². The summed E-state index contributed by atoms with van der Waals surface area (Å²) in [4.78, 5) is 14.8. The van der Waals surface area contributed by atoms with Gasteiger partial charge in [-0.3, -0.25) is 0 Å². The van der Waals surface area contributed by atoms with Gasteiger partial charge in [0.2, 0.25) is 0 Å². The summed E-state index contributed by atoms with van der Waals surface area (Å²) in [6, 6.07) is 7.67. The Bertz CT molecular complexity index is 1090. The van der Waals surface area contributed by atoms with Crippen LogP contribution in [0.4, 0.5) is 28.0 Å². The lowest BCUT2D eigenvalue weighted by Crippen LogP contribution is -2.48. The van der Waals surface area contributed by atoms with Crippen molar-refractivity contribution in [3.63, 3.8) is 0 Å². The van der Waals surface area contributed by atoms with E-state index in [9.17, 15) is 22.4 Å². The van der Waals surface area contributed by atoms with E-state index in [0.29, 0.717) is 30.1 Å². The smallest absolute Gasteiger partial charge is 0.419 e. The molecule has 2 aliphatic rings. The fourth-order valence-corrected chi connectivity index (χ4v) is 5.62. The van der Waals surface area contributed by atoms with E-state index in [1.807, 2.05) is 12.1 Å². The minimum Gasteiger partial charge on any atom is -0.493 e. The number of likely N-dealkylation sites (tertiary alicyclic amines) is 1. The highest BCUT2D eigenvalue weighted by molar-refractivity contribution is 5.89. The van der Waals surface area contributed by atoms with Gasteiger partial charge in [-0.2, -0.15) is 13.2 Å². The highest BCUT2D eigenvalue weighted by atomic mass is 19.4. The van der Waals surface area contributed by atoms with Crippen LogP contribution in [0.5, 0.6) is 11.5 Å². The normalized spacial score (nSPS) is 24.5. The summed E-state index contributed by atoms with van der Waals surface area (Å²) in [7, 11) is 5.28. The first-order valence-electron chi connectivity index (χ1n) is 11.4. The molecule has 2 aromatic rings. The monoisotopic (exact) mass is 495 g/mol. The standard InChI is InChI=1S/C25H29F4N3O3/c1-32-13-16-10-18(31-23(33)30-17-5-6-20(26)19(12-17)25(27,28)29)8-9-24(16,14-32)15-4-7-21(34-2)22(11-15)35-3/h4-7,11-12,16,18H,8-10,13-14H2,1-3H3,(H2,30,31,33)/t16-,18-,24?/m0/s1. The first kappa shape index (κ1) is 25.1. The largest absolute Gasteiger partial charge is 0.493 e. The van der Waals surface area contributed by atoms with Gasteiger partial charge in [0.1, 0.15) is 5.82 Å². The number of nitrogens with one attached hydrogen (secondary N) is 2. The molecule has 6 nitrogen and oxygen atoms in total. The number of methoxy groups -OCH3 is 2. The fraction of sp³-hybridized carbons (Fsp3) is 0.480. The van der Waals surface area contributed by atoms with Gasteiger partial charge >= 0.3 is 12.2 Å². The number of carbonyl (C=O) groups is 1. The first-order valence-corrected chi connectivity index (χ1v) is 11.4. The van der Waals surface area contributed by atoms with E-state index < -0.39 is 23.6 Å². The Hall–Kier alpha value is -3.01. The SMILES string of the molecule is COc1ccc(C23CC[C@H](NC(=O)Nc4ccc(F)c(C(F)(F)F)c4)C[C@H]2CN(C)C3)cc1OC. The highest BCUT2D eigenvalue weighted by Gasteiger charge is 2.50. The van der Waals surface area contributed by atoms with E-state index in [4.69, 9.17) is 9.47 Å². The predicted octanol–water partition coefficient (Wildman–Crippen LogP) is 5.04. The van der Waals surface area contributed by atoms with Crippen LogP contribution in [0.2, 0.25) is 0 Å². The van der Waals surface area contributed by atoms with Crippen LogP contribution >= 0.6 is 0 Å². The fourth-order valence-electron chi connectivity index (χ4n) is 5.62. The van der Waals surface area contributed by atoms with Crippen LogP contribution in [-0.2, 0) is 11.6 Å². The zero-order chi connectivity index (χ0) is 25.4. The molecule has 1 saturated heterocycles. The van der Waals surface area contributed by atoms with Gasteiger partial charge in [-0.15, -0.1) is 0 Å². The van der Waals surface area contributed by atoms with Gasteiger partial charge in [-0.25, -0.2) is 9.18 Å². The summed E-state index contributed by atoms with van der Waals surface area (Å²) in [6.45, 7) is 1.74. The molecule has 10 heteroatoms. The van der Waals surface area contributed by atoms with Crippen molar-refractivity contribution in [1.29, 1.82) is 0 Å². The lowest BCUT2D eigenvalue weighted by Gasteiger charge is -2.42. The summed E-state index contributed by atoms with van der Waals surface area (Å²) in [6.07, 6.45) is -2.58. The Morgan fingerprint density at radius 1 is 1.11 bits per heavy atom. The number of alkyl halides is 3. The van der Waals surface area contributed by atoms with Crippen molar-refractivity contribution in [3.05, 3.63) is 53.3 Å². The van der Waals surface area contributed by atoms with Crippen molar-refractivity contribution < 1.29 is 31.8 Å². The number of anilines is 1. The van der Waals surface area contributed by atoms with Crippen molar-refractivity contribution in [2.75, 3.05) is 39.7 Å². The Labute approximate surface area is 201 Å². The molecule has 1 heterocycles. The second-order valence-corrected chi connectivity index (χ2v) is 9.38. The van der Waals surface area contributed by atoms with Gasteiger partial charge in [-0.1, -0.05) is 6.07 Å². The van der Waals surface area contributed by atoms with Crippen molar-refractivity contribution in [1.82, 2.24) is 10.2 Å². The zero-order valence-corrected chi connectivity index (χ0v) is 19.8. The van der Waals surface area contributed by atoms with Crippen LogP contribution in [0, 0.1) is 11.7 Å². The maximum atomic E-state index is 13.5. The van der Waals surface area contributed by atoms with Crippen LogP contribution < -0.4 is 20.1 Å². The summed E-state index contributed by atoms with van der Waals surface area (Å²) in [5, 5.41) is 5.30. The molecule has 0 aromatic heterocycles. The molecular formula is C25H29F4N3O3. The van der Waals surface area contributed by atoms with Crippen molar-refractivity contribution in [2.45, 2.75) is 36.9 Å². The maximum absolute atomic E-state index is 13.5. The predicted molar refractivity (Wildman–Crippen MR) is 123 cm³/mol. The van der Waals surface area contributed by atoms with Gasteiger partial charge < -0.3 is 25.0 Å². The van der Waals surface area contributed by atoms with Gasteiger partial charge in [-0.05, 0) is 68.1 Å². The number of urea groups is 1. The van der Waals surface area contributed by atoms with E-state index >= 15 is 0 Å². The van der Waals surface area contributed by atoms with Gasteiger partial charge in [0.25, 0.3) is 0 Å². The summed E-state index contributed by atoms with van der Waals surface area (Å²) >= 11 is 0. The molecule has 2 amide bonds. The molecule has 190 valence electrons. The molecule has 1 unspecified atom stereocenters. The number of fused-ring (bicyclic) bond motifs is 1. The van der Waals surface area contributed by atoms with Crippen molar-refractivity contribution >= 4 is 11.7 Å². The molecule has 2 aromatic carbocycles. The molecular weight excluding hydrogens is 466 g/mol. The molecule has 2 N–H and O–H groups in total. The number of carbonyl (C=O) groups excluding carboxylic acids is 1. The number of halogens is 4. The number of likely N-dealkylation sites (N-methyl/N-ethyl adjacent to an activating group) is 1. The van der Waals surface area contributed by atoms with Crippen LogP contribution in [0.1, 0.15) is 30.4 Å². The number of ether oxygens (including phenoxy) is 2. The minimum absolute atomic E-state index is 0.0957. The number of hydrogen-bond acceptors (Lipinski definition) is 4. The number of amides is 2. The van der Waals surface area contributed by atoms with E-state index in [1.165, 1.54) is 5.56 Å². The van der Waals surface area contributed by atoms with Crippen LogP contribution in [0.3, 0.4) is 0 Å². The molecule has 1 aliphatic carbocycles. The maximum Gasteiger partial charge on any atom is 0.419 e. The molecule has 1 aliphatic heterocycles. The Balaban J connectivity index is 1.46. The second kappa shape index (κ2) is 9.56. The van der Waals surface area contributed by atoms with E-state index in [-0.39, 0.29) is 23.1 Å². The van der Waals surface area contributed by atoms with Crippen molar-refractivity contribution in [3.8, 4) is 11.5 Å². The molecule has 0 spiro atoms. The number of nitrogens with zero attached hydrogens (tertiary/aromatic N) is 1. The van der Waals surface area contributed by atoms with Gasteiger partial charge in [0.05, 0.1) is 19.8 Å². The quantitative estimate of drug-likeness (QED) is 0.571. The Morgan fingerprint density at radius 3 is 2.54 bits per heavy atom. The molecule has 35 heavy (non-hydrogen) atoms. The Kier molecular flexibility index (Phi) is 6.86. The topological polar surface area (TPSA) is 62.8 Å². The summed E-state index contributed by atoms with van der Waals surface area (Å²) < 4.78 is 63.3.